The highest BCUT2D eigenvalue weighted by Gasteiger charge is 2.60. The van der Waals surface area contributed by atoms with E-state index in [4.69, 9.17) is 0 Å². The van der Waals surface area contributed by atoms with Crippen molar-refractivity contribution in [2.45, 2.75) is 64.8 Å². The monoisotopic (exact) mass is 456 g/mol. The summed E-state index contributed by atoms with van der Waals surface area (Å²) >= 11 is 0. The number of halogens is 2. The molecule has 3 aliphatic carbocycles. The minimum absolute atomic E-state index is 0.00469. The van der Waals surface area contributed by atoms with Crippen molar-refractivity contribution >= 4 is 17.5 Å². The van der Waals surface area contributed by atoms with Crippen LogP contribution in [0, 0.1) is 46.1 Å². The van der Waals surface area contributed by atoms with Crippen molar-refractivity contribution in [1.29, 1.82) is 0 Å². The molecule has 0 radical (unpaired) electrons. The van der Waals surface area contributed by atoms with Crippen molar-refractivity contribution in [3.05, 3.63) is 42.0 Å². The highest BCUT2D eigenvalue weighted by Crippen LogP contribution is 2.66. The predicted octanol–water partition coefficient (Wildman–Crippen LogP) is 5.55. The third kappa shape index (κ3) is 3.43. The number of amides is 2. The van der Waals surface area contributed by atoms with Gasteiger partial charge in [-0.2, -0.15) is 0 Å². The molecule has 5 rings (SSSR count). The predicted molar refractivity (Wildman–Crippen MR) is 123 cm³/mol. The maximum Gasteiger partial charge on any atom is 0.246 e. The zero-order chi connectivity index (χ0) is 23.5. The Morgan fingerprint density at radius 2 is 1.82 bits per heavy atom. The van der Waals surface area contributed by atoms with Gasteiger partial charge in [-0.15, -0.1) is 0 Å². The summed E-state index contributed by atoms with van der Waals surface area (Å²) in [5.41, 5.74) is -0.278. The smallest absolute Gasteiger partial charge is 0.246 e. The molecule has 178 valence electrons. The van der Waals surface area contributed by atoms with E-state index in [1.807, 2.05) is 11.9 Å². The van der Waals surface area contributed by atoms with Crippen molar-refractivity contribution in [3.8, 4) is 0 Å². The van der Waals surface area contributed by atoms with Crippen LogP contribution in [0.25, 0.3) is 0 Å². The lowest BCUT2D eigenvalue weighted by Crippen LogP contribution is -2.59. The first-order chi connectivity index (χ1) is 15.6. The van der Waals surface area contributed by atoms with E-state index >= 15 is 0 Å². The van der Waals surface area contributed by atoms with Crippen LogP contribution in [0.3, 0.4) is 0 Å². The largest absolute Gasteiger partial charge is 0.338 e. The fourth-order valence-electron chi connectivity index (χ4n) is 8.21. The van der Waals surface area contributed by atoms with Crippen LogP contribution in [0.5, 0.6) is 0 Å². The van der Waals surface area contributed by atoms with E-state index in [0.29, 0.717) is 24.2 Å². The molecule has 6 heteroatoms. The summed E-state index contributed by atoms with van der Waals surface area (Å²) in [6.45, 7) is 4.67. The lowest BCUT2D eigenvalue weighted by Gasteiger charge is -2.60. The van der Waals surface area contributed by atoms with Crippen LogP contribution in [-0.2, 0) is 9.59 Å². The standard InChI is InChI=1S/C27H34F2N2O2/c1-26-13-11-19-17(8-10-22-27(19,2)14-12-24(33)31(22)3)18(26)9-7-16(26)15-23(32)30-25-20(28)5-4-6-21(25)29/h4-6,12,14,16-19,22H,7-11,13,15H2,1-3H3,(H,30,32)/t16-,17?,18?,19?,22?,26-,27-/m1/s1. The van der Waals surface area contributed by atoms with Gasteiger partial charge in [-0.3, -0.25) is 9.59 Å². The first kappa shape index (κ1) is 22.5. The summed E-state index contributed by atoms with van der Waals surface area (Å²) in [7, 11) is 1.94. The highest BCUT2D eigenvalue weighted by atomic mass is 19.1. The molecule has 1 aromatic rings. The Kier molecular flexibility index (Phi) is 5.41. The Balaban J connectivity index is 1.32. The zero-order valence-corrected chi connectivity index (χ0v) is 19.7. The Morgan fingerprint density at radius 1 is 1.09 bits per heavy atom. The molecule has 1 N–H and O–H groups in total. The van der Waals surface area contributed by atoms with Gasteiger partial charge < -0.3 is 10.2 Å². The fourth-order valence-corrected chi connectivity index (χ4v) is 8.21. The highest BCUT2D eigenvalue weighted by molar-refractivity contribution is 5.91. The Bertz CT molecular complexity index is 990. The van der Waals surface area contributed by atoms with Crippen LogP contribution in [-0.4, -0.2) is 29.8 Å². The van der Waals surface area contributed by atoms with Gasteiger partial charge in [0.15, 0.2) is 0 Å². The molecule has 2 amide bonds. The fraction of sp³-hybridized carbons (Fsp3) is 0.630. The Hall–Kier alpha value is -2.24. The molecule has 0 aromatic heterocycles. The third-order valence-electron chi connectivity index (χ3n) is 9.98. The average Bonchev–Trinajstić information content (AvgIpc) is 3.10. The number of rotatable bonds is 3. The molecule has 3 fully saturated rings. The second kappa shape index (κ2) is 7.92. The van der Waals surface area contributed by atoms with E-state index in [2.05, 4.69) is 25.2 Å². The Morgan fingerprint density at radius 3 is 2.55 bits per heavy atom. The van der Waals surface area contributed by atoms with E-state index in [0.717, 1.165) is 50.7 Å². The summed E-state index contributed by atoms with van der Waals surface area (Å²) in [6.07, 6.45) is 10.6. The van der Waals surface area contributed by atoms with Crippen LogP contribution in [0.15, 0.2) is 30.4 Å². The molecule has 0 saturated heterocycles. The second-order valence-corrected chi connectivity index (χ2v) is 11.3. The maximum atomic E-state index is 14.0. The van der Waals surface area contributed by atoms with Crippen molar-refractivity contribution in [3.63, 3.8) is 0 Å². The van der Waals surface area contributed by atoms with Crippen molar-refractivity contribution in [2.75, 3.05) is 12.4 Å². The van der Waals surface area contributed by atoms with Gasteiger partial charge in [0.05, 0.1) is 0 Å². The first-order valence-corrected chi connectivity index (χ1v) is 12.3. The quantitative estimate of drug-likeness (QED) is 0.648. The van der Waals surface area contributed by atoms with Gasteiger partial charge in [0.2, 0.25) is 11.8 Å². The summed E-state index contributed by atoms with van der Waals surface area (Å²) in [6, 6.07) is 3.88. The minimum Gasteiger partial charge on any atom is -0.338 e. The van der Waals surface area contributed by atoms with Crippen LogP contribution in [0.4, 0.5) is 14.5 Å². The van der Waals surface area contributed by atoms with Crippen molar-refractivity contribution in [2.24, 2.45) is 34.5 Å². The normalized spacial score (nSPS) is 39.6. The molecular formula is C27H34F2N2O2. The zero-order valence-electron chi connectivity index (χ0n) is 19.7. The van der Waals surface area contributed by atoms with Crippen molar-refractivity contribution in [1.82, 2.24) is 4.90 Å². The molecular weight excluding hydrogens is 422 g/mol. The number of benzene rings is 1. The SMILES string of the molecule is CN1C(=O)C=C[C@]2(C)C3CC[C@@]4(C)C(CC[C@@H]4CC(=O)Nc4c(F)cccc4F)C3CCC12. The summed E-state index contributed by atoms with van der Waals surface area (Å²) in [5, 5.41) is 2.49. The van der Waals surface area contributed by atoms with Crippen LogP contribution in [0.2, 0.25) is 0 Å². The lowest BCUT2D eigenvalue weighted by atomic mass is 9.47. The van der Waals surface area contributed by atoms with E-state index in [1.165, 1.54) is 6.07 Å². The third-order valence-corrected chi connectivity index (χ3v) is 9.98. The molecule has 1 aromatic carbocycles. The number of carbonyl (C=O) groups is 2. The number of fused-ring (bicyclic) bond motifs is 5. The van der Waals surface area contributed by atoms with Gasteiger partial charge in [-0.05, 0) is 85.8 Å². The summed E-state index contributed by atoms with van der Waals surface area (Å²) in [5.74, 6) is 0.216. The van der Waals surface area contributed by atoms with Crippen molar-refractivity contribution < 1.29 is 18.4 Å². The molecule has 7 atom stereocenters. The molecule has 4 nitrogen and oxygen atoms in total. The first-order valence-electron chi connectivity index (χ1n) is 12.3. The van der Waals surface area contributed by atoms with E-state index < -0.39 is 11.6 Å². The number of carbonyl (C=O) groups excluding carboxylic acids is 2. The second-order valence-electron chi connectivity index (χ2n) is 11.3. The Labute approximate surface area is 194 Å². The van der Waals surface area contributed by atoms with Gasteiger partial charge in [-0.1, -0.05) is 26.0 Å². The minimum atomic E-state index is -0.742. The lowest BCUT2D eigenvalue weighted by molar-refractivity contribution is -0.139. The molecule has 3 saturated carbocycles. The van der Waals surface area contributed by atoms with Gasteiger partial charge in [-0.25, -0.2) is 8.78 Å². The molecule has 4 unspecified atom stereocenters. The van der Waals surface area contributed by atoms with E-state index in [1.54, 1.807) is 6.08 Å². The average molecular weight is 457 g/mol. The van der Waals surface area contributed by atoms with E-state index in [-0.39, 0.29) is 40.3 Å². The number of anilines is 1. The maximum absolute atomic E-state index is 14.0. The van der Waals surface area contributed by atoms with Gasteiger partial charge in [0.1, 0.15) is 17.3 Å². The van der Waals surface area contributed by atoms with Gasteiger partial charge >= 0.3 is 0 Å². The molecule has 4 aliphatic rings. The number of nitrogens with zero attached hydrogens (tertiary/aromatic N) is 1. The van der Waals surface area contributed by atoms with Gasteiger partial charge in [0, 0.05) is 24.9 Å². The molecule has 33 heavy (non-hydrogen) atoms. The summed E-state index contributed by atoms with van der Waals surface area (Å²) < 4.78 is 28.0. The van der Waals surface area contributed by atoms with Crippen LogP contribution >= 0.6 is 0 Å². The molecule has 1 heterocycles. The molecule has 0 bridgehead atoms. The molecule has 1 aliphatic heterocycles. The number of hydrogen-bond acceptors (Lipinski definition) is 2. The number of likely N-dealkylation sites (N-methyl/N-ethyl adjacent to an activating group) is 1. The number of hydrogen-bond donors (Lipinski definition) is 1. The van der Waals surface area contributed by atoms with Gasteiger partial charge in [0.25, 0.3) is 0 Å². The van der Waals surface area contributed by atoms with Crippen LogP contribution in [0.1, 0.15) is 58.8 Å². The van der Waals surface area contributed by atoms with Crippen LogP contribution < -0.4 is 5.32 Å². The number of nitrogens with one attached hydrogen (secondary N) is 1. The topological polar surface area (TPSA) is 49.4 Å². The molecule has 0 spiro atoms. The number of para-hydroxylation sites is 1. The van der Waals surface area contributed by atoms with E-state index in [9.17, 15) is 18.4 Å². The summed E-state index contributed by atoms with van der Waals surface area (Å²) in [4.78, 5) is 27.0.